The molecule has 0 atom stereocenters. The monoisotopic (exact) mass is 494 g/mol. The van der Waals surface area contributed by atoms with E-state index in [0.29, 0.717) is 0 Å². The van der Waals surface area contributed by atoms with E-state index in [4.69, 9.17) is 0 Å². The van der Waals surface area contributed by atoms with E-state index >= 15 is 0 Å². The van der Waals surface area contributed by atoms with Crippen LogP contribution in [0.1, 0.15) is 52.8 Å². The molecule has 0 aliphatic carbocycles. The maximum Gasteiger partial charge on any atom is 0.0945 e. The van der Waals surface area contributed by atoms with Gasteiger partial charge in [0.25, 0.3) is 0 Å². The van der Waals surface area contributed by atoms with Crippen LogP contribution in [-0.2, 0) is 13.1 Å². The second kappa shape index (κ2) is 11.6. The molecule has 0 N–H and O–H groups in total. The molecule has 194 valence electrons. The first-order chi connectivity index (χ1) is 17.9. The summed E-state index contributed by atoms with van der Waals surface area (Å²) < 4.78 is 0. The van der Waals surface area contributed by atoms with Gasteiger partial charge in [-0.3, -0.25) is 0 Å². The third-order valence-corrected chi connectivity index (χ3v) is 7.03. The fourth-order valence-electron chi connectivity index (χ4n) is 5.49. The van der Waals surface area contributed by atoms with Gasteiger partial charge in [-0.2, -0.15) is 0 Å². The van der Waals surface area contributed by atoms with Crippen molar-refractivity contribution in [2.24, 2.45) is 0 Å². The molecule has 0 saturated carbocycles. The molecular weight excluding hydrogens is 452 g/mol. The molecular formula is C33H42N4. The van der Waals surface area contributed by atoms with Crippen molar-refractivity contribution in [2.45, 2.75) is 61.6 Å². The molecule has 0 amide bonds. The number of nitrogens with zero attached hydrogens (tertiary/aromatic N) is 4. The van der Waals surface area contributed by atoms with Gasteiger partial charge < -0.3 is 19.6 Å². The van der Waals surface area contributed by atoms with Crippen molar-refractivity contribution in [3.05, 3.63) is 118 Å². The summed E-state index contributed by atoms with van der Waals surface area (Å²) in [5.41, 5.74) is 12.0. The summed E-state index contributed by atoms with van der Waals surface area (Å²) in [6, 6.07) is 20.1. The Morgan fingerprint density at radius 1 is 0.568 bits per heavy atom. The van der Waals surface area contributed by atoms with E-state index in [-0.39, 0.29) is 0 Å². The Kier molecular flexibility index (Phi) is 8.27. The molecule has 2 heterocycles. The highest BCUT2D eigenvalue weighted by atomic mass is 15.3. The van der Waals surface area contributed by atoms with Crippen molar-refractivity contribution in [1.29, 1.82) is 0 Å². The lowest BCUT2D eigenvalue weighted by Gasteiger charge is -2.26. The van der Waals surface area contributed by atoms with Crippen molar-refractivity contribution in [1.82, 2.24) is 9.80 Å². The molecule has 2 aliphatic heterocycles. The molecule has 3 aromatic carbocycles. The number of aryl methyl sites for hydroxylation is 5. The van der Waals surface area contributed by atoms with E-state index < -0.39 is 0 Å². The van der Waals surface area contributed by atoms with E-state index in [2.05, 4.69) is 134 Å². The largest absolute Gasteiger partial charge is 0.354 e. The van der Waals surface area contributed by atoms with E-state index in [1.54, 1.807) is 0 Å². The van der Waals surface area contributed by atoms with Gasteiger partial charge in [0.2, 0.25) is 0 Å². The van der Waals surface area contributed by atoms with Crippen LogP contribution in [0.5, 0.6) is 0 Å². The lowest BCUT2D eigenvalue weighted by Crippen LogP contribution is -2.27. The smallest absolute Gasteiger partial charge is 0.0945 e. The number of anilines is 2. The van der Waals surface area contributed by atoms with Gasteiger partial charge in [-0.05, 0) is 68.5 Å². The number of benzene rings is 3. The predicted octanol–water partition coefficient (Wildman–Crippen LogP) is 7.76. The third-order valence-electron chi connectivity index (χ3n) is 7.03. The highest BCUT2D eigenvalue weighted by Crippen LogP contribution is 2.30. The summed E-state index contributed by atoms with van der Waals surface area (Å²) in [6.45, 7) is 18.5. The fourth-order valence-corrected chi connectivity index (χ4v) is 5.49. The van der Waals surface area contributed by atoms with Crippen molar-refractivity contribution >= 4 is 11.4 Å². The molecule has 3 aromatic rings. The highest BCUT2D eigenvalue weighted by molar-refractivity contribution is 5.62. The minimum atomic E-state index is 0.877. The normalized spacial score (nSPS) is 14.5. The second-order valence-electron chi connectivity index (χ2n) is 10.1. The van der Waals surface area contributed by atoms with E-state index in [0.717, 1.165) is 26.4 Å². The van der Waals surface area contributed by atoms with E-state index in [9.17, 15) is 0 Å². The van der Waals surface area contributed by atoms with Gasteiger partial charge in [-0.15, -0.1) is 0 Å². The van der Waals surface area contributed by atoms with Gasteiger partial charge in [0.05, 0.1) is 13.3 Å². The Hall–Kier alpha value is -3.66. The average molecular weight is 495 g/mol. The zero-order valence-corrected chi connectivity index (χ0v) is 23.6. The standard InChI is InChI=1S/C31H36N4.C2H6/c1-23-10-11-30(25(3)16-23)34-14-12-32(21-34)19-28-8-6-7-9-29(28)20-33-13-15-35(22-33)31-26(4)17-24(2)18-27(31)5;1-2/h6-18H,19-22H2,1-5H3;1-2H3. The lowest BCUT2D eigenvalue weighted by atomic mass is 10.0. The summed E-state index contributed by atoms with van der Waals surface area (Å²) in [7, 11) is 0. The minimum Gasteiger partial charge on any atom is -0.354 e. The van der Waals surface area contributed by atoms with Gasteiger partial charge in [0.1, 0.15) is 0 Å². The summed E-state index contributed by atoms with van der Waals surface area (Å²) in [6.07, 6.45) is 8.87. The fraction of sp³-hybridized carbons (Fsp3) is 0.333. The van der Waals surface area contributed by atoms with Crippen LogP contribution in [-0.4, -0.2) is 23.1 Å². The Bertz CT molecular complexity index is 1270. The highest BCUT2D eigenvalue weighted by Gasteiger charge is 2.20. The first-order valence-corrected chi connectivity index (χ1v) is 13.5. The molecule has 0 spiro atoms. The molecule has 0 radical (unpaired) electrons. The van der Waals surface area contributed by atoms with Gasteiger partial charge in [0, 0.05) is 49.3 Å². The predicted molar refractivity (Wildman–Crippen MR) is 158 cm³/mol. The van der Waals surface area contributed by atoms with E-state index in [1.165, 1.54) is 50.3 Å². The minimum absolute atomic E-state index is 0.877. The molecule has 2 aliphatic rings. The third kappa shape index (κ3) is 6.02. The van der Waals surface area contributed by atoms with Gasteiger partial charge in [0.15, 0.2) is 0 Å². The van der Waals surface area contributed by atoms with Gasteiger partial charge >= 0.3 is 0 Å². The van der Waals surface area contributed by atoms with Crippen molar-refractivity contribution < 1.29 is 0 Å². The quantitative estimate of drug-likeness (QED) is 0.347. The van der Waals surface area contributed by atoms with Crippen molar-refractivity contribution in [3.63, 3.8) is 0 Å². The molecule has 4 heteroatoms. The number of rotatable bonds is 6. The van der Waals surface area contributed by atoms with Crippen LogP contribution in [0.15, 0.2) is 79.4 Å². The molecule has 0 bridgehead atoms. The topological polar surface area (TPSA) is 13.0 Å². The molecule has 5 rings (SSSR count). The van der Waals surface area contributed by atoms with Crippen LogP contribution in [0.4, 0.5) is 11.4 Å². The van der Waals surface area contributed by atoms with Crippen LogP contribution < -0.4 is 9.80 Å². The first kappa shape index (κ1) is 26.4. The maximum atomic E-state index is 2.40. The second-order valence-corrected chi connectivity index (χ2v) is 10.1. The van der Waals surface area contributed by atoms with Gasteiger partial charge in [-0.1, -0.05) is 73.5 Å². The Morgan fingerprint density at radius 2 is 1.08 bits per heavy atom. The summed E-state index contributed by atoms with van der Waals surface area (Å²) in [5, 5.41) is 0. The summed E-state index contributed by atoms with van der Waals surface area (Å²) in [5.74, 6) is 0. The molecule has 4 nitrogen and oxygen atoms in total. The van der Waals surface area contributed by atoms with Crippen LogP contribution in [0.2, 0.25) is 0 Å². The summed E-state index contributed by atoms with van der Waals surface area (Å²) >= 11 is 0. The lowest BCUT2D eigenvalue weighted by molar-refractivity contribution is 0.380. The molecule has 0 saturated heterocycles. The van der Waals surface area contributed by atoms with Crippen LogP contribution in [0.25, 0.3) is 0 Å². The Balaban J connectivity index is 0.00000156. The molecule has 0 aromatic heterocycles. The number of hydrogen-bond donors (Lipinski definition) is 0. The van der Waals surface area contributed by atoms with E-state index in [1.807, 2.05) is 13.8 Å². The van der Waals surface area contributed by atoms with Crippen molar-refractivity contribution in [3.8, 4) is 0 Å². The van der Waals surface area contributed by atoms with Crippen LogP contribution in [0.3, 0.4) is 0 Å². The SMILES string of the molecule is CC.Cc1ccc(N2C=CN(Cc3ccccc3CN3C=CN(c4c(C)cc(C)cc4C)C3)C2)c(C)c1. The summed E-state index contributed by atoms with van der Waals surface area (Å²) in [4.78, 5) is 9.51. The maximum absolute atomic E-state index is 2.40. The zero-order chi connectivity index (χ0) is 26.5. The Morgan fingerprint density at radius 3 is 1.65 bits per heavy atom. The van der Waals surface area contributed by atoms with Gasteiger partial charge in [-0.25, -0.2) is 0 Å². The van der Waals surface area contributed by atoms with Crippen molar-refractivity contribution in [2.75, 3.05) is 23.1 Å². The average Bonchev–Trinajstić information content (AvgIpc) is 3.51. The van der Waals surface area contributed by atoms with Crippen LogP contribution in [0, 0.1) is 34.6 Å². The molecule has 0 fully saturated rings. The Labute approximate surface area is 224 Å². The zero-order valence-electron chi connectivity index (χ0n) is 23.6. The molecule has 0 unspecified atom stereocenters. The molecule has 37 heavy (non-hydrogen) atoms. The first-order valence-electron chi connectivity index (χ1n) is 13.5. The number of hydrogen-bond acceptors (Lipinski definition) is 4. The van der Waals surface area contributed by atoms with Crippen LogP contribution >= 0.6 is 0 Å².